The second kappa shape index (κ2) is 9.85. The molecular weight excluding hydrogens is 426 g/mol. The Hall–Kier alpha value is -3.38. The van der Waals surface area contributed by atoms with Gasteiger partial charge in [0.1, 0.15) is 12.4 Å². The zero-order valence-electron chi connectivity index (χ0n) is 20.3. The average Bonchev–Trinajstić information content (AvgIpc) is 2.77. The van der Waals surface area contributed by atoms with E-state index in [1.807, 2.05) is 42.5 Å². The molecule has 6 nitrogen and oxygen atoms in total. The lowest BCUT2D eigenvalue weighted by atomic mass is 9.79. The molecule has 0 spiro atoms. The molecule has 3 aromatic rings. The molecule has 1 saturated heterocycles. The molecular formula is C28H33N3O3. The molecule has 1 aromatic heterocycles. The summed E-state index contributed by atoms with van der Waals surface area (Å²) < 4.78 is 12.0. The summed E-state index contributed by atoms with van der Waals surface area (Å²) in [7, 11) is 0. The third-order valence-corrected chi connectivity index (χ3v) is 5.82. The van der Waals surface area contributed by atoms with Gasteiger partial charge in [0.05, 0.1) is 5.69 Å². The lowest BCUT2D eigenvalue weighted by Gasteiger charge is -2.46. The molecule has 178 valence electrons. The van der Waals surface area contributed by atoms with E-state index in [-0.39, 0.29) is 23.0 Å². The molecule has 0 bridgehead atoms. The average molecular weight is 460 g/mol. The van der Waals surface area contributed by atoms with Crippen LogP contribution in [0.2, 0.25) is 0 Å². The summed E-state index contributed by atoms with van der Waals surface area (Å²) in [6.07, 6.45) is 3.52. The van der Waals surface area contributed by atoms with Crippen molar-refractivity contribution in [3.8, 4) is 17.2 Å². The van der Waals surface area contributed by atoms with E-state index >= 15 is 0 Å². The smallest absolute Gasteiger partial charge is 0.251 e. The van der Waals surface area contributed by atoms with E-state index < -0.39 is 0 Å². The molecule has 4 rings (SSSR count). The molecule has 0 atom stereocenters. The van der Waals surface area contributed by atoms with Crippen LogP contribution in [0.15, 0.2) is 72.9 Å². The SMILES string of the molecule is CC1(C)CC(NC(=O)c2ccc(Oc3ccccc3OCc3ccccn3)cc2)CC(C)(C)N1. The summed E-state index contributed by atoms with van der Waals surface area (Å²) in [4.78, 5) is 17.2. The number of ether oxygens (including phenoxy) is 2. The molecule has 2 heterocycles. The van der Waals surface area contributed by atoms with E-state index in [0.717, 1.165) is 18.5 Å². The highest BCUT2D eigenvalue weighted by Gasteiger charge is 2.38. The van der Waals surface area contributed by atoms with Crippen molar-refractivity contribution in [2.24, 2.45) is 0 Å². The maximum atomic E-state index is 12.9. The Morgan fingerprint density at radius 2 is 1.59 bits per heavy atom. The van der Waals surface area contributed by atoms with Gasteiger partial charge in [0.15, 0.2) is 11.5 Å². The highest BCUT2D eigenvalue weighted by molar-refractivity contribution is 5.94. The first-order valence-corrected chi connectivity index (χ1v) is 11.7. The van der Waals surface area contributed by atoms with Crippen LogP contribution in [0.5, 0.6) is 17.2 Å². The summed E-state index contributed by atoms with van der Waals surface area (Å²) in [6, 6.07) is 20.6. The predicted molar refractivity (Wildman–Crippen MR) is 133 cm³/mol. The standard InChI is InChI=1S/C28H33N3O3/c1-27(2)17-22(18-28(3,4)31-27)30-26(32)20-12-14-23(15-13-20)34-25-11-6-5-10-24(25)33-19-21-9-7-8-16-29-21/h5-16,22,31H,17-19H2,1-4H3,(H,30,32). The Balaban J connectivity index is 1.38. The number of hydrogen-bond donors (Lipinski definition) is 2. The number of nitrogens with zero attached hydrogens (tertiary/aromatic N) is 1. The second-order valence-electron chi connectivity index (χ2n) is 10.2. The first kappa shape index (κ1) is 23.8. The molecule has 0 aliphatic carbocycles. The molecule has 1 amide bonds. The largest absolute Gasteiger partial charge is 0.483 e. The molecule has 34 heavy (non-hydrogen) atoms. The minimum atomic E-state index is -0.0656. The van der Waals surface area contributed by atoms with Crippen LogP contribution in [0.4, 0.5) is 0 Å². The van der Waals surface area contributed by atoms with Crippen LogP contribution < -0.4 is 20.1 Å². The predicted octanol–water partition coefficient (Wildman–Crippen LogP) is 5.49. The van der Waals surface area contributed by atoms with Gasteiger partial charge in [0.25, 0.3) is 5.91 Å². The minimum absolute atomic E-state index is 0.0244. The Bertz CT molecular complexity index is 1100. The quantitative estimate of drug-likeness (QED) is 0.489. The van der Waals surface area contributed by atoms with Crippen molar-refractivity contribution in [3.63, 3.8) is 0 Å². The molecule has 0 unspecified atom stereocenters. The lowest BCUT2D eigenvalue weighted by Crippen LogP contribution is -2.62. The van der Waals surface area contributed by atoms with Gasteiger partial charge in [-0.05, 0) is 89.1 Å². The minimum Gasteiger partial charge on any atom is -0.483 e. The fraction of sp³-hybridized carbons (Fsp3) is 0.357. The van der Waals surface area contributed by atoms with E-state index in [0.29, 0.717) is 29.4 Å². The van der Waals surface area contributed by atoms with Crippen LogP contribution in [0.3, 0.4) is 0 Å². The number of aromatic nitrogens is 1. The van der Waals surface area contributed by atoms with E-state index in [9.17, 15) is 4.79 Å². The lowest BCUT2D eigenvalue weighted by molar-refractivity contribution is 0.0873. The van der Waals surface area contributed by atoms with Gasteiger partial charge in [-0.2, -0.15) is 0 Å². The Labute approximate surface area is 201 Å². The number of carbonyl (C=O) groups is 1. The molecule has 6 heteroatoms. The van der Waals surface area contributed by atoms with Crippen LogP contribution in [0.1, 0.15) is 56.6 Å². The highest BCUT2D eigenvalue weighted by Crippen LogP contribution is 2.32. The Kier molecular flexibility index (Phi) is 6.89. The molecule has 1 aliphatic rings. The van der Waals surface area contributed by atoms with Crippen LogP contribution in [0, 0.1) is 0 Å². The Morgan fingerprint density at radius 1 is 0.941 bits per heavy atom. The Morgan fingerprint density at radius 3 is 2.24 bits per heavy atom. The highest BCUT2D eigenvalue weighted by atomic mass is 16.5. The summed E-state index contributed by atoms with van der Waals surface area (Å²) in [5, 5.41) is 6.86. The first-order valence-electron chi connectivity index (χ1n) is 11.7. The van der Waals surface area contributed by atoms with Gasteiger partial charge in [-0.15, -0.1) is 0 Å². The topological polar surface area (TPSA) is 72.5 Å². The van der Waals surface area contributed by atoms with Crippen molar-refractivity contribution in [1.82, 2.24) is 15.6 Å². The van der Waals surface area contributed by atoms with Gasteiger partial charge in [0.2, 0.25) is 0 Å². The van der Waals surface area contributed by atoms with Crippen LogP contribution in [0.25, 0.3) is 0 Å². The number of carbonyl (C=O) groups excluding carboxylic acids is 1. The number of amides is 1. The third-order valence-electron chi connectivity index (χ3n) is 5.82. The third kappa shape index (κ3) is 6.35. The molecule has 1 aliphatic heterocycles. The molecule has 2 aromatic carbocycles. The van der Waals surface area contributed by atoms with E-state index in [1.54, 1.807) is 30.5 Å². The van der Waals surface area contributed by atoms with Crippen molar-refractivity contribution in [1.29, 1.82) is 0 Å². The molecule has 0 saturated carbocycles. The summed E-state index contributed by atoms with van der Waals surface area (Å²) >= 11 is 0. The monoisotopic (exact) mass is 459 g/mol. The number of piperidine rings is 1. The molecule has 1 fully saturated rings. The fourth-order valence-electron chi connectivity index (χ4n) is 4.78. The number of nitrogens with one attached hydrogen (secondary N) is 2. The van der Waals surface area contributed by atoms with Crippen LogP contribution in [-0.2, 0) is 6.61 Å². The number of para-hydroxylation sites is 2. The van der Waals surface area contributed by atoms with Gasteiger partial charge in [-0.3, -0.25) is 9.78 Å². The van der Waals surface area contributed by atoms with Crippen molar-refractivity contribution < 1.29 is 14.3 Å². The van der Waals surface area contributed by atoms with Crippen molar-refractivity contribution >= 4 is 5.91 Å². The maximum Gasteiger partial charge on any atom is 0.251 e. The zero-order chi connectivity index (χ0) is 24.2. The van der Waals surface area contributed by atoms with Gasteiger partial charge in [0, 0.05) is 28.9 Å². The van der Waals surface area contributed by atoms with E-state index in [2.05, 4.69) is 43.3 Å². The van der Waals surface area contributed by atoms with Crippen LogP contribution in [-0.4, -0.2) is 28.0 Å². The van der Waals surface area contributed by atoms with Crippen molar-refractivity contribution in [3.05, 3.63) is 84.2 Å². The van der Waals surface area contributed by atoms with Crippen molar-refractivity contribution in [2.45, 2.75) is 64.3 Å². The summed E-state index contributed by atoms with van der Waals surface area (Å²) in [6.45, 7) is 9.06. The number of benzene rings is 2. The number of hydrogen-bond acceptors (Lipinski definition) is 5. The first-order chi connectivity index (χ1) is 16.2. The van der Waals surface area contributed by atoms with E-state index in [4.69, 9.17) is 9.47 Å². The number of pyridine rings is 1. The van der Waals surface area contributed by atoms with Gasteiger partial charge >= 0.3 is 0 Å². The van der Waals surface area contributed by atoms with E-state index in [1.165, 1.54) is 0 Å². The van der Waals surface area contributed by atoms with Gasteiger partial charge in [-0.1, -0.05) is 18.2 Å². The zero-order valence-corrected chi connectivity index (χ0v) is 20.3. The number of rotatable bonds is 7. The second-order valence-corrected chi connectivity index (χ2v) is 10.2. The van der Waals surface area contributed by atoms with Crippen LogP contribution >= 0.6 is 0 Å². The summed E-state index contributed by atoms with van der Waals surface area (Å²) in [5.41, 5.74) is 1.40. The molecule has 2 N–H and O–H groups in total. The van der Waals surface area contributed by atoms with Gasteiger partial charge < -0.3 is 20.1 Å². The maximum absolute atomic E-state index is 12.9. The normalized spacial score (nSPS) is 17.1. The molecule has 0 radical (unpaired) electrons. The van der Waals surface area contributed by atoms with Crippen molar-refractivity contribution in [2.75, 3.05) is 0 Å². The van der Waals surface area contributed by atoms with Gasteiger partial charge in [-0.25, -0.2) is 0 Å². The summed E-state index contributed by atoms with van der Waals surface area (Å²) in [5.74, 6) is 1.81. The fourth-order valence-corrected chi connectivity index (χ4v) is 4.78.